The summed E-state index contributed by atoms with van der Waals surface area (Å²) in [6.45, 7) is 4.68. The fourth-order valence-electron chi connectivity index (χ4n) is 8.52. The zero-order valence-corrected chi connectivity index (χ0v) is 28.2. The molecule has 0 N–H and O–H groups in total. The standard InChI is InChI=1S/C47H31N3O/c1-47(2)37-25-24-33-32-15-8-11-19-42(32)51-45(33)43(37)36-27-41-35(26-38(36)47)31-14-7-10-18-40(31)50(41)30-22-20-29(21-23-30)46-48-39-17-9-6-16-34(39)44(49-46)28-12-4-3-5-13-28/h3-27H,1-2H3. The van der Waals surface area contributed by atoms with Crippen LogP contribution in [0.3, 0.4) is 0 Å². The number of rotatable bonds is 3. The van der Waals surface area contributed by atoms with E-state index in [0.29, 0.717) is 5.82 Å². The van der Waals surface area contributed by atoms with Crippen molar-refractivity contribution in [3.8, 4) is 39.5 Å². The maximum absolute atomic E-state index is 6.63. The summed E-state index contributed by atoms with van der Waals surface area (Å²) in [6.07, 6.45) is 0. The molecule has 4 heteroatoms. The molecule has 0 saturated carbocycles. The SMILES string of the molecule is CC1(C)c2cc3c4ccccc4n(-c4ccc(-c5nc(-c6ccccc6)c6ccccc6n5)cc4)c3cc2-c2c1ccc1c2oc2ccccc21. The summed E-state index contributed by atoms with van der Waals surface area (Å²) in [6, 6.07) is 53.8. The highest BCUT2D eigenvalue weighted by atomic mass is 16.3. The minimum absolute atomic E-state index is 0.171. The Balaban J connectivity index is 1.11. The zero-order valence-electron chi connectivity index (χ0n) is 28.2. The number of fused-ring (bicyclic) bond motifs is 11. The molecule has 0 amide bonds. The van der Waals surface area contributed by atoms with Crippen molar-refractivity contribution < 1.29 is 4.42 Å². The molecule has 1 aliphatic rings. The predicted octanol–water partition coefficient (Wildman–Crippen LogP) is 12.3. The van der Waals surface area contributed by atoms with Crippen molar-refractivity contribution in [1.82, 2.24) is 14.5 Å². The number of para-hydroxylation sites is 3. The van der Waals surface area contributed by atoms with Crippen LogP contribution in [0, 0.1) is 0 Å². The van der Waals surface area contributed by atoms with Crippen LogP contribution in [0.15, 0.2) is 156 Å². The fourth-order valence-corrected chi connectivity index (χ4v) is 8.52. The molecule has 51 heavy (non-hydrogen) atoms. The molecule has 3 aromatic heterocycles. The monoisotopic (exact) mass is 653 g/mol. The Bertz CT molecular complexity index is 3040. The van der Waals surface area contributed by atoms with Crippen molar-refractivity contribution in [2.75, 3.05) is 0 Å². The van der Waals surface area contributed by atoms with E-state index in [1.165, 1.54) is 44.1 Å². The molecule has 1 aliphatic carbocycles. The van der Waals surface area contributed by atoms with E-state index in [4.69, 9.17) is 14.4 Å². The summed E-state index contributed by atoms with van der Waals surface area (Å²) in [5, 5.41) is 5.86. The first kappa shape index (κ1) is 28.3. The quantitative estimate of drug-likeness (QED) is 0.191. The van der Waals surface area contributed by atoms with Gasteiger partial charge in [0.2, 0.25) is 0 Å². The largest absolute Gasteiger partial charge is 0.455 e. The zero-order chi connectivity index (χ0) is 33.8. The van der Waals surface area contributed by atoms with Gasteiger partial charge >= 0.3 is 0 Å². The van der Waals surface area contributed by atoms with Gasteiger partial charge in [0, 0.05) is 54.7 Å². The van der Waals surface area contributed by atoms with Crippen molar-refractivity contribution in [3.63, 3.8) is 0 Å². The Morgan fingerprint density at radius 3 is 2.10 bits per heavy atom. The Morgan fingerprint density at radius 1 is 0.529 bits per heavy atom. The molecule has 10 aromatic rings. The number of aromatic nitrogens is 3. The number of hydrogen-bond acceptors (Lipinski definition) is 3. The Kier molecular flexibility index (Phi) is 5.70. The van der Waals surface area contributed by atoms with E-state index in [1.807, 2.05) is 24.3 Å². The number of benzene rings is 7. The van der Waals surface area contributed by atoms with E-state index in [2.05, 4.69) is 146 Å². The lowest BCUT2D eigenvalue weighted by molar-refractivity contribution is 0.653. The smallest absolute Gasteiger partial charge is 0.160 e. The molecule has 0 saturated heterocycles. The van der Waals surface area contributed by atoms with E-state index in [0.717, 1.165) is 55.3 Å². The average molecular weight is 654 g/mol. The van der Waals surface area contributed by atoms with Crippen molar-refractivity contribution in [1.29, 1.82) is 0 Å². The van der Waals surface area contributed by atoms with Gasteiger partial charge in [0.05, 0.1) is 22.2 Å². The third-order valence-electron chi connectivity index (χ3n) is 11.0. The normalized spacial score (nSPS) is 13.5. The molecule has 7 aromatic carbocycles. The number of furan rings is 1. The van der Waals surface area contributed by atoms with Crippen molar-refractivity contribution in [3.05, 3.63) is 163 Å². The topological polar surface area (TPSA) is 43.9 Å². The minimum atomic E-state index is -0.171. The third kappa shape index (κ3) is 3.96. The Hall–Kier alpha value is -6.52. The van der Waals surface area contributed by atoms with Crippen LogP contribution < -0.4 is 0 Å². The van der Waals surface area contributed by atoms with Gasteiger partial charge in [-0.15, -0.1) is 0 Å². The van der Waals surface area contributed by atoms with Crippen LogP contribution in [-0.4, -0.2) is 14.5 Å². The van der Waals surface area contributed by atoms with Gasteiger partial charge in [-0.1, -0.05) is 111 Å². The number of nitrogens with zero attached hydrogens (tertiary/aromatic N) is 3. The van der Waals surface area contributed by atoms with Crippen LogP contribution in [0.25, 0.3) is 94.1 Å². The lowest BCUT2D eigenvalue weighted by atomic mass is 9.82. The second kappa shape index (κ2) is 10.3. The van der Waals surface area contributed by atoms with Crippen molar-refractivity contribution >= 4 is 54.6 Å². The maximum Gasteiger partial charge on any atom is 0.160 e. The van der Waals surface area contributed by atoms with Crippen LogP contribution in [0.5, 0.6) is 0 Å². The molecule has 0 unspecified atom stereocenters. The van der Waals surface area contributed by atoms with Gasteiger partial charge in [-0.2, -0.15) is 0 Å². The summed E-state index contributed by atoms with van der Waals surface area (Å²) in [4.78, 5) is 10.1. The highest BCUT2D eigenvalue weighted by Gasteiger charge is 2.38. The molecular weight excluding hydrogens is 623 g/mol. The number of hydrogen-bond donors (Lipinski definition) is 0. The highest BCUT2D eigenvalue weighted by molar-refractivity contribution is 6.15. The Morgan fingerprint density at radius 2 is 1.25 bits per heavy atom. The van der Waals surface area contributed by atoms with Gasteiger partial charge < -0.3 is 8.98 Å². The lowest BCUT2D eigenvalue weighted by Gasteiger charge is -2.21. The summed E-state index contributed by atoms with van der Waals surface area (Å²) >= 11 is 0. The first-order chi connectivity index (χ1) is 25.0. The van der Waals surface area contributed by atoms with Crippen LogP contribution >= 0.6 is 0 Å². The van der Waals surface area contributed by atoms with Crippen LogP contribution in [0.1, 0.15) is 25.0 Å². The molecule has 11 rings (SSSR count). The molecule has 0 atom stereocenters. The summed E-state index contributed by atoms with van der Waals surface area (Å²) in [5.74, 6) is 0.716. The van der Waals surface area contributed by atoms with Gasteiger partial charge in [0.25, 0.3) is 0 Å². The molecular formula is C47H31N3O. The van der Waals surface area contributed by atoms with Gasteiger partial charge in [0.1, 0.15) is 11.2 Å². The van der Waals surface area contributed by atoms with Gasteiger partial charge in [-0.05, 0) is 71.3 Å². The second-order valence-electron chi connectivity index (χ2n) is 14.2. The molecule has 240 valence electrons. The predicted molar refractivity (Wildman–Crippen MR) is 210 cm³/mol. The molecule has 0 bridgehead atoms. The average Bonchev–Trinajstić information content (AvgIpc) is 3.79. The maximum atomic E-state index is 6.63. The Labute approximate surface area is 294 Å². The van der Waals surface area contributed by atoms with E-state index < -0.39 is 0 Å². The summed E-state index contributed by atoms with van der Waals surface area (Å²) in [5.41, 5.74) is 14.2. The van der Waals surface area contributed by atoms with E-state index in [1.54, 1.807) is 0 Å². The van der Waals surface area contributed by atoms with Crippen molar-refractivity contribution in [2.45, 2.75) is 19.3 Å². The molecule has 4 nitrogen and oxygen atoms in total. The van der Waals surface area contributed by atoms with Crippen LogP contribution in [-0.2, 0) is 5.41 Å². The van der Waals surface area contributed by atoms with Gasteiger partial charge in [-0.3, -0.25) is 0 Å². The molecule has 0 radical (unpaired) electrons. The van der Waals surface area contributed by atoms with Gasteiger partial charge in [-0.25, -0.2) is 9.97 Å². The fraction of sp³-hybridized carbons (Fsp3) is 0.0638. The van der Waals surface area contributed by atoms with E-state index in [9.17, 15) is 0 Å². The molecule has 0 aliphatic heterocycles. The van der Waals surface area contributed by atoms with Crippen molar-refractivity contribution in [2.24, 2.45) is 0 Å². The first-order valence-electron chi connectivity index (χ1n) is 17.5. The second-order valence-corrected chi connectivity index (χ2v) is 14.2. The summed E-state index contributed by atoms with van der Waals surface area (Å²) in [7, 11) is 0. The molecule has 3 heterocycles. The molecule has 0 spiro atoms. The molecule has 0 fully saturated rings. The third-order valence-corrected chi connectivity index (χ3v) is 11.0. The lowest BCUT2D eigenvalue weighted by Crippen LogP contribution is -2.14. The van der Waals surface area contributed by atoms with E-state index in [-0.39, 0.29) is 5.41 Å². The first-order valence-corrected chi connectivity index (χ1v) is 17.5. The van der Waals surface area contributed by atoms with E-state index >= 15 is 0 Å². The highest BCUT2D eigenvalue weighted by Crippen LogP contribution is 2.54. The van der Waals surface area contributed by atoms with Crippen LogP contribution in [0.2, 0.25) is 0 Å². The summed E-state index contributed by atoms with van der Waals surface area (Å²) < 4.78 is 9.03. The van der Waals surface area contributed by atoms with Gasteiger partial charge in [0.15, 0.2) is 5.82 Å². The van der Waals surface area contributed by atoms with Crippen LogP contribution in [0.4, 0.5) is 0 Å². The minimum Gasteiger partial charge on any atom is -0.455 e.